The molecule has 1 fully saturated rings. The number of aromatic amines is 1. The molecule has 5 rings (SSSR count). The highest BCUT2D eigenvalue weighted by atomic mass is 19.4. The fraction of sp³-hybridized carbons (Fsp3) is 0.296. The molecule has 3 heterocycles. The van der Waals surface area contributed by atoms with Crippen LogP contribution >= 0.6 is 0 Å². The molecule has 0 aliphatic carbocycles. The number of carbonyl (C=O) groups excluding carboxylic acids is 1. The summed E-state index contributed by atoms with van der Waals surface area (Å²) in [6.07, 6.45) is 0.00770. The van der Waals surface area contributed by atoms with Gasteiger partial charge in [-0.25, -0.2) is 4.98 Å². The van der Waals surface area contributed by atoms with E-state index in [4.69, 9.17) is 4.74 Å². The summed E-state index contributed by atoms with van der Waals surface area (Å²) in [5, 5.41) is 13.8. The van der Waals surface area contributed by atoms with E-state index in [0.717, 1.165) is 36.8 Å². The summed E-state index contributed by atoms with van der Waals surface area (Å²) in [6, 6.07) is 13.1. The third-order valence-electron chi connectivity index (χ3n) is 6.34. The van der Waals surface area contributed by atoms with Crippen LogP contribution in [-0.4, -0.2) is 58.4 Å². The number of likely N-dealkylation sites (tertiary alicyclic amines) is 1. The van der Waals surface area contributed by atoms with Crippen LogP contribution in [0.4, 0.5) is 30.4 Å². The molecule has 198 valence electrons. The Hall–Kier alpha value is -4.12. The Morgan fingerprint density at radius 2 is 1.89 bits per heavy atom. The fourth-order valence-electron chi connectivity index (χ4n) is 4.46. The van der Waals surface area contributed by atoms with E-state index < -0.39 is 18.5 Å². The molecule has 1 aliphatic heterocycles. The van der Waals surface area contributed by atoms with Gasteiger partial charge in [0.05, 0.1) is 23.7 Å². The first-order chi connectivity index (χ1) is 18.3. The fourth-order valence-corrected chi connectivity index (χ4v) is 4.46. The lowest BCUT2D eigenvalue weighted by atomic mass is 10.1. The quantitative estimate of drug-likeness (QED) is 0.266. The van der Waals surface area contributed by atoms with Crippen molar-refractivity contribution in [3.63, 3.8) is 0 Å². The van der Waals surface area contributed by atoms with Crippen LogP contribution in [0.1, 0.15) is 28.8 Å². The van der Waals surface area contributed by atoms with Crippen LogP contribution in [0, 0.1) is 0 Å². The Morgan fingerprint density at radius 1 is 1.08 bits per heavy atom. The smallest absolute Gasteiger partial charge is 0.393 e. The molecule has 2 aromatic carbocycles. The van der Waals surface area contributed by atoms with E-state index in [0.29, 0.717) is 23.7 Å². The van der Waals surface area contributed by atoms with Gasteiger partial charge in [-0.05, 0) is 62.3 Å². The number of H-pyrrole nitrogens is 1. The van der Waals surface area contributed by atoms with Gasteiger partial charge in [-0.1, -0.05) is 6.07 Å². The first-order valence-corrected chi connectivity index (χ1v) is 12.4. The van der Waals surface area contributed by atoms with Gasteiger partial charge in [0.2, 0.25) is 0 Å². The molecular weight excluding hydrogens is 497 g/mol. The Bertz CT molecular complexity index is 1420. The normalized spacial score (nSPS) is 14.1. The zero-order valence-electron chi connectivity index (χ0n) is 20.5. The number of amides is 1. The molecule has 3 N–H and O–H groups in total. The first kappa shape index (κ1) is 25.5. The van der Waals surface area contributed by atoms with Crippen LogP contribution in [0.25, 0.3) is 10.9 Å². The van der Waals surface area contributed by atoms with Crippen molar-refractivity contribution in [3.8, 4) is 5.75 Å². The summed E-state index contributed by atoms with van der Waals surface area (Å²) in [6.45, 7) is 2.83. The number of hydrogen-bond acceptors (Lipinski definition) is 6. The van der Waals surface area contributed by atoms with E-state index in [9.17, 15) is 18.0 Å². The number of carbonyl (C=O) groups is 1. The van der Waals surface area contributed by atoms with Crippen molar-refractivity contribution in [1.29, 1.82) is 0 Å². The molecule has 1 amide bonds. The molecule has 1 aliphatic rings. The summed E-state index contributed by atoms with van der Waals surface area (Å²) < 4.78 is 45.3. The van der Waals surface area contributed by atoms with Gasteiger partial charge in [-0.15, -0.1) is 0 Å². The van der Waals surface area contributed by atoms with Crippen LogP contribution < -0.4 is 15.4 Å². The second-order valence-electron chi connectivity index (χ2n) is 9.16. The molecule has 2 aromatic heterocycles. The lowest BCUT2D eigenvalue weighted by Gasteiger charge is -2.18. The number of halogens is 3. The molecule has 8 nitrogen and oxygen atoms in total. The first-order valence-electron chi connectivity index (χ1n) is 12.4. The molecular formula is C27H27F3N6O2. The number of rotatable bonds is 9. The zero-order chi connectivity index (χ0) is 26.5. The van der Waals surface area contributed by atoms with E-state index in [1.54, 1.807) is 24.5 Å². The number of ether oxygens (including phenoxy) is 1. The van der Waals surface area contributed by atoms with Crippen LogP contribution in [0.5, 0.6) is 5.75 Å². The molecule has 0 bridgehead atoms. The number of benzene rings is 2. The third-order valence-corrected chi connectivity index (χ3v) is 6.34. The van der Waals surface area contributed by atoms with E-state index in [1.165, 1.54) is 18.2 Å². The lowest BCUT2D eigenvalue weighted by Crippen LogP contribution is -2.25. The molecule has 0 atom stereocenters. The van der Waals surface area contributed by atoms with Crippen LogP contribution in [0.3, 0.4) is 0 Å². The summed E-state index contributed by atoms with van der Waals surface area (Å²) in [4.78, 5) is 19.7. The van der Waals surface area contributed by atoms with Gasteiger partial charge in [0.15, 0.2) is 0 Å². The van der Waals surface area contributed by atoms with E-state index in [1.807, 2.05) is 18.2 Å². The molecule has 0 spiro atoms. The largest absolute Gasteiger partial charge is 0.492 e. The molecule has 1 saturated heterocycles. The Morgan fingerprint density at radius 3 is 2.71 bits per heavy atom. The molecule has 4 aromatic rings. The summed E-state index contributed by atoms with van der Waals surface area (Å²) >= 11 is 0. The second-order valence-corrected chi connectivity index (χ2v) is 9.16. The highest BCUT2D eigenvalue weighted by Gasteiger charge is 2.29. The number of aromatic nitrogens is 3. The topological polar surface area (TPSA) is 95.2 Å². The predicted molar refractivity (Wildman–Crippen MR) is 139 cm³/mol. The van der Waals surface area contributed by atoms with Crippen molar-refractivity contribution in [3.05, 3.63) is 72.1 Å². The third kappa shape index (κ3) is 6.41. The number of hydrogen-bond donors (Lipinski definition) is 3. The highest BCUT2D eigenvalue weighted by Crippen LogP contribution is 2.31. The van der Waals surface area contributed by atoms with E-state index in [2.05, 4.69) is 30.7 Å². The minimum absolute atomic E-state index is 0.0230. The number of nitrogens with zero attached hydrogens (tertiary/aromatic N) is 3. The number of alkyl halides is 3. The van der Waals surface area contributed by atoms with Crippen molar-refractivity contribution in [2.45, 2.75) is 25.4 Å². The zero-order valence-corrected chi connectivity index (χ0v) is 20.5. The van der Waals surface area contributed by atoms with Crippen molar-refractivity contribution in [2.75, 3.05) is 36.9 Å². The number of nitrogens with one attached hydrogen (secondary N) is 3. The average molecular weight is 525 g/mol. The van der Waals surface area contributed by atoms with Gasteiger partial charge in [-0.2, -0.15) is 18.3 Å². The SMILES string of the molecule is O=C(Nc1ccc(CC(F)(F)F)c(OCCN2CCCC2)c1)c1cccnc1Nc1ccc2cn[nH]c2c1. The van der Waals surface area contributed by atoms with Crippen LogP contribution in [0.15, 0.2) is 60.9 Å². The van der Waals surface area contributed by atoms with Gasteiger partial charge in [0.25, 0.3) is 5.91 Å². The second kappa shape index (κ2) is 11.1. The molecule has 38 heavy (non-hydrogen) atoms. The predicted octanol–water partition coefficient (Wildman–Crippen LogP) is 5.53. The standard InChI is InChI=1S/C27H27F3N6O2/c28-27(29,30)16-18-5-7-21(15-24(18)38-13-12-36-10-1-2-11-36)34-26(37)22-4-3-9-31-25(22)33-20-8-6-19-17-32-35-23(19)14-20/h3-9,14-15,17H,1-2,10-13,16H2,(H,31,33)(H,32,35)(H,34,37). The van der Waals surface area contributed by atoms with Crippen molar-refractivity contribution >= 4 is 34.0 Å². The van der Waals surface area contributed by atoms with Gasteiger partial charge in [0, 0.05) is 41.1 Å². The molecule has 0 unspecified atom stereocenters. The number of fused-ring (bicyclic) bond motifs is 1. The van der Waals surface area contributed by atoms with Crippen LogP contribution in [0.2, 0.25) is 0 Å². The minimum Gasteiger partial charge on any atom is -0.492 e. The van der Waals surface area contributed by atoms with Gasteiger partial charge < -0.3 is 15.4 Å². The Kier molecular flexibility index (Phi) is 7.45. The van der Waals surface area contributed by atoms with E-state index >= 15 is 0 Å². The minimum atomic E-state index is -4.38. The monoisotopic (exact) mass is 524 g/mol. The maximum atomic E-state index is 13.2. The highest BCUT2D eigenvalue weighted by molar-refractivity contribution is 6.08. The van der Waals surface area contributed by atoms with Gasteiger partial charge in [-0.3, -0.25) is 14.8 Å². The summed E-state index contributed by atoms with van der Waals surface area (Å²) in [5.41, 5.74) is 2.15. The maximum Gasteiger partial charge on any atom is 0.393 e. The van der Waals surface area contributed by atoms with Crippen LogP contribution in [-0.2, 0) is 6.42 Å². The Labute approximate surface area is 217 Å². The molecule has 11 heteroatoms. The maximum absolute atomic E-state index is 13.2. The average Bonchev–Trinajstić information content (AvgIpc) is 3.57. The van der Waals surface area contributed by atoms with E-state index in [-0.39, 0.29) is 23.5 Å². The van der Waals surface area contributed by atoms with Crippen molar-refractivity contribution in [1.82, 2.24) is 20.1 Å². The molecule has 0 saturated carbocycles. The molecule has 0 radical (unpaired) electrons. The Balaban J connectivity index is 1.32. The summed E-state index contributed by atoms with van der Waals surface area (Å²) in [7, 11) is 0. The van der Waals surface area contributed by atoms with Gasteiger partial charge >= 0.3 is 6.18 Å². The van der Waals surface area contributed by atoms with Crippen molar-refractivity contribution in [2.24, 2.45) is 0 Å². The van der Waals surface area contributed by atoms with Gasteiger partial charge in [0.1, 0.15) is 18.2 Å². The lowest BCUT2D eigenvalue weighted by molar-refractivity contribution is -0.127. The number of anilines is 3. The van der Waals surface area contributed by atoms with Crippen molar-refractivity contribution < 1.29 is 22.7 Å². The summed E-state index contributed by atoms with van der Waals surface area (Å²) in [5.74, 6) is -0.0221. The number of pyridine rings is 1.